The predicted octanol–water partition coefficient (Wildman–Crippen LogP) is 7.09. The minimum Gasteiger partial charge on any atom is -0.670 e. The lowest BCUT2D eigenvalue weighted by atomic mass is 9.58. The van der Waals surface area contributed by atoms with Gasteiger partial charge in [0, 0.05) is 24.4 Å². The van der Waals surface area contributed by atoms with Gasteiger partial charge in [0.25, 0.3) is 0 Å². The highest BCUT2D eigenvalue weighted by atomic mass is 16.5. The Morgan fingerprint density at radius 1 is 0.833 bits per heavy atom. The van der Waals surface area contributed by atoms with Crippen molar-refractivity contribution in [3.05, 3.63) is 148 Å². The number of aliphatic hydroxyl groups is 2. The first-order valence-corrected chi connectivity index (χ1v) is 20.7. The normalized spacial score (nSPS) is 19.0. The molecule has 10 nitrogen and oxygen atoms in total. The van der Waals surface area contributed by atoms with Crippen LogP contribution in [0.25, 0.3) is 10.8 Å². The Hall–Kier alpha value is -5.81. The van der Waals surface area contributed by atoms with Gasteiger partial charge in [0.05, 0.1) is 31.8 Å². The fourth-order valence-corrected chi connectivity index (χ4v) is 9.60. The summed E-state index contributed by atoms with van der Waals surface area (Å²) in [6.45, 7) is 2.54. The van der Waals surface area contributed by atoms with Crippen LogP contribution in [0.5, 0.6) is 28.7 Å². The number of Topliss-reactive ketones (excluding diaryl/α,β-unsaturated/α-hetero) is 1. The van der Waals surface area contributed by atoms with Crippen LogP contribution >= 0.6 is 0 Å². The molecule has 0 unspecified atom stereocenters. The number of hydrogen-bond donors (Lipinski definition) is 6. The fraction of sp³-hybridized carbons (Fsp3) is 0.340. The summed E-state index contributed by atoms with van der Waals surface area (Å²) in [6.07, 6.45) is 3.67. The molecule has 1 heterocycles. The quantitative estimate of drug-likeness (QED) is 0.0596. The van der Waals surface area contributed by atoms with Crippen LogP contribution in [0.15, 0.2) is 103 Å². The number of rotatable bonds is 16. The number of methoxy groups -OCH3 is 2. The van der Waals surface area contributed by atoms with Crippen LogP contribution < -0.4 is 19.8 Å². The van der Waals surface area contributed by atoms with Gasteiger partial charge in [-0.3, -0.25) is 4.79 Å². The molecule has 1 saturated carbocycles. The molecule has 0 bridgehead atoms. The van der Waals surface area contributed by atoms with Gasteiger partial charge in [0.1, 0.15) is 5.75 Å². The maximum Gasteiger partial charge on any atom is 0.164 e. The minimum absolute atomic E-state index is 0.0164. The summed E-state index contributed by atoms with van der Waals surface area (Å²) in [5.41, 5.74) is 5.13. The Balaban J connectivity index is 1.33. The third kappa shape index (κ3) is 8.32. The number of aliphatic hydroxyl groups excluding tert-OH is 2. The van der Waals surface area contributed by atoms with E-state index < -0.39 is 29.5 Å². The van der Waals surface area contributed by atoms with Crippen LogP contribution in [0.3, 0.4) is 0 Å². The average Bonchev–Trinajstić information content (AvgIpc) is 3.77. The molecule has 10 heteroatoms. The molecule has 0 aliphatic heterocycles. The number of ketones is 1. The standard InChI is InChI=1S/C50H55N2O8/c1-5-33-11-12-34-8-6-7-9-39(34)41(33)26-42-35(13-16-44(55)48(42)60-4)24-36(20-31-18-19-52-29-31)47(57)40-14-17-46(56)50(49(40)58,27-30-10-15-43(54)45(23-30)59-3)37-21-32(28-51-2)22-38(53)25-37/h6-13,15-16,18-19,21-23,25,29,36,40,46-47,51,53-57H,5,14,17,20,24,26-28H2,1-4H3/q-1/t36-,40-,46+,47-,50-/m0/s1. The number of nitrogens with one attached hydrogen (secondary N) is 1. The Labute approximate surface area is 351 Å². The molecular weight excluding hydrogens is 757 g/mol. The molecule has 1 aromatic heterocycles. The number of aryl methyl sites for hydroxylation is 1. The molecular formula is C50H55N2O8-. The van der Waals surface area contributed by atoms with Crippen molar-refractivity contribution in [1.29, 1.82) is 0 Å². The highest BCUT2D eigenvalue weighted by Crippen LogP contribution is 2.47. The number of fused-ring (bicyclic) bond motifs is 1. The van der Waals surface area contributed by atoms with Crippen molar-refractivity contribution >= 4 is 16.6 Å². The Bertz CT molecular complexity index is 2450. The molecule has 0 radical (unpaired) electrons. The lowest BCUT2D eigenvalue weighted by Crippen LogP contribution is -2.57. The number of phenolic OH excluding ortho intramolecular Hbond substituents is 3. The number of carbonyl (C=O) groups excluding carboxylic acids is 1. The van der Waals surface area contributed by atoms with Crippen LogP contribution in [0, 0.1) is 11.8 Å². The monoisotopic (exact) mass is 811 g/mol. The van der Waals surface area contributed by atoms with Gasteiger partial charge >= 0.3 is 0 Å². The molecule has 7 rings (SSSR count). The van der Waals surface area contributed by atoms with Crippen molar-refractivity contribution < 1.29 is 39.8 Å². The maximum absolute atomic E-state index is 15.6. The van der Waals surface area contributed by atoms with Crippen LogP contribution in [0.1, 0.15) is 64.3 Å². The summed E-state index contributed by atoms with van der Waals surface area (Å²) in [5.74, 6) is -1.23. The number of aromatic hydroxyl groups is 3. The van der Waals surface area contributed by atoms with Gasteiger partial charge in [-0.15, -0.1) is 0 Å². The first kappa shape index (κ1) is 42.3. The zero-order valence-electron chi connectivity index (χ0n) is 34.7. The predicted molar refractivity (Wildman–Crippen MR) is 232 cm³/mol. The van der Waals surface area contributed by atoms with Gasteiger partial charge < -0.3 is 45.3 Å². The number of aromatic nitrogens is 1. The van der Waals surface area contributed by atoms with Gasteiger partial charge in [-0.05, 0) is 126 Å². The topological polar surface area (TPSA) is 163 Å². The number of phenols is 3. The van der Waals surface area contributed by atoms with Crippen LogP contribution in [-0.2, 0) is 48.9 Å². The summed E-state index contributed by atoms with van der Waals surface area (Å²) < 4.78 is 11.3. The van der Waals surface area contributed by atoms with E-state index >= 15 is 4.79 Å². The molecule has 5 atom stereocenters. The van der Waals surface area contributed by atoms with E-state index in [-0.39, 0.29) is 48.0 Å². The number of benzene rings is 5. The molecule has 6 N–H and O–H groups in total. The summed E-state index contributed by atoms with van der Waals surface area (Å²) in [7, 11) is 4.79. The minimum atomic E-state index is -1.57. The van der Waals surface area contributed by atoms with E-state index in [1.54, 1.807) is 50.8 Å². The lowest BCUT2D eigenvalue weighted by molar-refractivity contribution is -0.144. The second-order valence-electron chi connectivity index (χ2n) is 16.2. The van der Waals surface area contributed by atoms with Crippen molar-refractivity contribution in [2.24, 2.45) is 11.8 Å². The van der Waals surface area contributed by atoms with Crippen LogP contribution in [0.2, 0.25) is 0 Å². The molecule has 0 saturated heterocycles. The average molecular weight is 812 g/mol. The first-order valence-electron chi connectivity index (χ1n) is 20.7. The van der Waals surface area contributed by atoms with Crippen molar-refractivity contribution in [2.45, 2.75) is 76.0 Å². The number of nitrogens with zero attached hydrogens (tertiary/aromatic N) is 1. The molecule has 1 aliphatic rings. The van der Waals surface area contributed by atoms with Crippen molar-refractivity contribution in [2.75, 3.05) is 21.3 Å². The fourth-order valence-electron chi connectivity index (χ4n) is 9.60. The molecule has 0 amide bonds. The molecule has 1 fully saturated rings. The third-order valence-corrected chi connectivity index (χ3v) is 12.6. The molecule has 6 aromatic rings. The number of carbonyl (C=O) groups is 1. The largest absolute Gasteiger partial charge is 0.670 e. The van der Waals surface area contributed by atoms with Gasteiger partial charge in [-0.2, -0.15) is 12.4 Å². The van der Waals surface area contributed by atoms with Crippen molar-refractivity contribution in [3.63, 3.8) is 0 Å². The summed E-state index contributed by atoms with van der Waals surface area (Å²) in [5, 5.41) is 62.9. The molecule has 314 valence electrons. The zero-order valence-corrected chi connectivity index (χ0v) is 34.7. The smallest absolute Gasteiger partial charge is 0.164 e. The van der Waals surface area contributed by atoms with E-state index in [0.29, 0.717) is 42.7 Å². The summed E-state index contributed by atoms with van der Waals surface area (Å²) >= 11 is 0. The third-order valence-electron chi connectivity index (χ3n) is 12.6. The molecule has 0 spiro atoms. The van der Waals surface area contributed by atoms with Crippen LogP contribution in [-0.4, -0.2) is 64.8 Å². The number of hydrogen-bond acceptors (Lipinski definition) is 9. The van der Waals surface area contributed by atoms with E-state index in [4.69, 9.17) is 9.47 Å². The number of ether oxygens (including phenoxy) is 2. The lowest BCUT2D eigenvalue weighted by Gasteiger charge is -2.46. The van der Waals surface area contributed by atoms with Crippen molar-refractivity contribution in [1.82, 2.24) is 10.3 Å². The summed E-state index contributed by atoms with van der Waals surface area (Å²) in [6, 6.07) is 27.8. The van der Waals surface area contributed by atoms with Gasteiger partial charge in [-0.25, -0.2) is 0 Å². The zero-order chi connectivity index (χ0) is 42.6. The second-order valence-corrected chi connectivity index (χ2v) is 16.2. The second kappa shape index (κ2) is 18.2. The van der Waals surface area contributed by atoms with E-state index in [1.165, 1.54) is 24.8 Å². The van der Waals surface area contributed by atoms with Gasteiger partial charge in [0.2, 0.25) is 0 Å². The van der Waals surface area contributed by atoms with Gasteiger partial charge in [-0.1, -0.05) is 73.2 Å². The Morgan fingerprint density at radius 2 is 1.62 bits per heavy atom. The van der Waals surface area contributed by atoms with Crippen LogP contribution in [0.4, 0.5) is 0 Å². The van der Waals surface area contributed by atoms with E-state index in [9.17, 15) is 25.5 Å². The van der Waals surface area contributed by atoms with Crippen molar-refractivity contribution in [3.8, 4) is 28.7 Å². The van der Waals surface area contributed by atoms with E-state index in [0.717, 1.165) is 45.0 Å². The molecule has 1 aliphatic carbocycles. The molecule has 5 aromatic carbocycles. The summed E-state index contributed by atoms with van der Waals surface area (Å²) in [4.78, 5) is 19.9. The Morgan fingerprint density at radius 3 is 2.35 bits per heavy atom. The molecule has 60 heavy (non-hydrogen) atoms. The first-order chi connectivity index (χ1) is 29.0. The highest BCUT2D eigenvalue weighted by molar-refractivity contribution is 5.95. The maximum atomic E-state index is 15.6. The highest BCUT2D eigenvalue weighted by Gasteiger charge is 2.54. The Kier molecular flexibility index (Phi) is 12.8. The van der Waals surface area contributed by atoms with Gasteiger partial charge in [0.15, 0.2) is 28.8 Å². The van der Waals surface area contributed by atoms with E-state index in [1.807, 2.05) is 30.3 Å². The van der Waals surface area contributed by atoms with E-state index in [2.05, 4.69) is 41.5 Å². The SMILES string of the molecule is CCc1ccc2ccccc2c1Cc1c(C[C@H](Cc2cc[n-]c2)[C@H](O)[C@@H]2CC[C@@H](O)[C@](Cc3ccc(O)c(OC)c3)(c3cc(O)cc(CNC)c3)C2=O)ccc(O)c1OC.